The molecule has 0 rings (SSSR count). The highest BCUT2D eigenvalue weighted by molar-refractivity contribution is 7.47. The molecule has 0 aliphatic carbocycles. The maximum atomic E-state index is 13.0. The summed E-state index contributed by atoms with van der Waals surface area (Å²) in [5.74, 6) is -0.185. The predicted octanol–water partition coefficient (Wildman–Crippen LogP) is 21.0. The number of hydrogen-bond acceptors (Lipinski definition) is 5. The zero-order chi connectivity index (χ0) is 57.0. The molecule has 3 N–H and O–H groups in total. The minimum atomic E-state index is -4.36. The number of rotatable bonds is 61. The second kappa shape index (κ2) is 59.6. The lowest BCUT2D eigenvalue weighted by atomic mass is 10.0. The fraction of sp³-hybridized carbons (Fsp3) is 0.812. The number of aliphatic hydroxyl groups is 1. The van der Waals surface area contributed by atoms with Crippen LogP contribution in [-0.4, -0.2) is 73.4 Å². The van der Waals surface area contributed by atoms with E-state index in [1.54, 1.807) is 6.08 Å². The average molecular weight is 1110 g/mol. The van der Waals surface area contributed by atoms with Crippen LogP contribution in [0.1, 0.15) is 309 Å². The zero-order valence-corrected chi connectivity index (χ0v) is 53.0. The van der Waals surface area contributed by atoms with Crippen LogP contribution in [0.2, 0.25) is 0 Å². The van der Waals surface area contributed by atoms with E-state index in [2.05, 4.69) is 79.9 Å². The fourth-order valence-electron chi connectivity index (χ4n) is 9.76. The van der Waals surface area contributed by atoms with Crippen LogP contribution < -0.4 is 5.32 Å². The van der Waals surface area contributed by atoms with Crippen molar-refractivity contribution < 1.29 is 32.9 Å². The third-order valence-electron chi connectivity index (χ3n) is 14.9. The molecule has 1 amide bonds. The number of phosphoric acid groups is 1. The van der Waals surface area contributed by atoms with E-state index in [0.717, 1.165) is 64.2 Å². The van der Waals surface area contributed by atoms with Gasteiger partial charge in [0.05, 0.1) is 39.9 Å². The Hall–Kier alpha value is -2.06. The van der Waals surface area contributed by atoms with Gasteiger partial charge in [0.1, 0.15) is 13.2 Å². The van der Waals surface area contributed by atoms with Crippen LogP contribution in [0.15, 0.2) is 72.9 Å². The Morgan fingerprint density at radius 2 is 0.782 bits per heavy atom. The summed E-state index contributed by atoms with van der Waals surface area (Å²) in [5.41, 5.74) is 0. The van der Waals surface area contributed by atoms with Crippen molar-refractivity contribution in [1.82, 2.24) is 5.32 Å². The number of likely N-dealkylation sites (N-methyl/N-ethyl adjacent to an activating group) is 1. The van der Waals surface area contributed by atoms with Crippen LogP contribution >= 0.6 is 7.82 Å². The van der Waals surface area contributed by atoms with Gasteiger partial charge in [-0.2, -0.15) is 0 Å². The summed E-state index contributed by atoms with van der Waals surface area (Å²) >= 11 is 0. The number of carbonyl (C=O) groups excluding carboxylic acids is 1. The molecule has 0 spiro atoms. The SMILES string of the molecule is CC/C=C\C/C=C\C/C=C\C/C=C\CCCCCCCCCCCCCCCCCCC(=O)NC(COP(=O)(O)OCC[N+](C)(C)C)C(O)/C=C/CC/C=C/CCCCCCCCCCCCCCCCCCCCCCC. The molecule has 0 bridgehead atoms. The van der Waals surface area contributed by atoms with E-state index < -0.39 is 20.0 Å². The molecular weight excluding hydrogens is 984 g/mol. The first-order valence-corrected chi connectivity index (χ1v) is 34.8. The molecule has 78 heavy (non-hydrogen) atoms. The topological polar surface area (TPSA) is 105 Å². The molecule has 0 aliphatic rings. The van der Waals surface area contributed by atoms with Crippen LogP contribution in [0.4, 0.5) is 0 Å². The van der Waals surface area contributed by atoms with E-state index in [0.29, 0.717) is 17.4 Å². The molecule has 0 aromatic rings. The van der Waals surface area contributed by atoms with E-state index in [1.807, 2.05) is 27.2 Å². The number of nitrogens with one attached hydrogen (secondary N) is 1. The Morgan fingerprint density at radius 3 is 1.18 bits per heavy atom. The van der Waals surface area contributed by atoms with Gasteiger partial charge in [0.25, 0.3) is 0 Å². The first-order chi connectivity index (χ1) is 38.0. The first kappa shape index (κ1) is 75.9. The smallest absolute Gasteiger partial charge is 0.387 e. The van der Waals surface area contributed by atoms with Crippen LogP contribution in [0.5, 0.6) is 0 Å². The maximum Gasteiger partial charge on any atom is 0.472 e. The number of nitrogens with zero attached hydrogens (tertiary/aromatic N) is 1. The summed E-state index contributed by atoms with van der Waals surface area (Å²) < 4.78 is 23.8. The van der Waals surface area contributed by atoms with E-state index in [1.165, 1.54) is 225 Å². The second-order valence-corrected chi connectivity index (χ2v) is 25.3. The van der Waals surface area contributed by atoms with Gasteiger partial charge in [0.2, 0.25) is 5.91 Å². The van der Waals surface area contributed by atoms with E-state index in [-0.39, 0.29) is 19.1 Å². The standard InChI is InChI=1S/C69H129N2O6P/c1-6-8-10-12-14-16-18-20-22-24-26-28-30-32-34-35-37-39-41-43-45-47-49-51-53-55-57-59-61-63-69(73)70-67(66-77-78(74,75)76-65-64-71(3,4)5)68(72)62-60-58-56-54-52-50-48-46-44-42-40-38-36-33-31-29-27-25-23-21-19-17-15-13-11-9-7-2/h8,10,14,16,20,22,26,28,52,54,60,62,67-68,72H,6-7,9,11-13,15,17-19,21,23-25,27,29-51,53,55-59,61,63-66H2,1-5H3,(H-,70,73,74,75)/p+1/b10-8-,16-14-,22-20-,28-26-,54-52+,62-60+. The molecule has 3 atom stereocenters. The highest BCUT2D eigenvalue weighted by Gasteiger charge is 2.28. The van der Waals surface area contributed by atoms with E-state index >= 15 is 0 Å². The third kappa shape index (κ3) is 61.6. The van der Waals surface area contributed by atoms with Gasteiger partial charge < -0.3 is 19.8 Å². The molecule has 0 saturated heterocycles. The maximum absolute atomic E-state index is 13.0. The molecule has 0 aromatic carbocycles. The number of aliphatic hydroxyl groups excluding tert-OH is 1. The summed E-state index contributed by atoms with van der Waals surface area (Å²) in [4.78, 5) is 23.4. The van der Waals surface area contributed by atoms with Gasteiger partial charge in [-0.15, -0.1) is 0 Å². The van der Waals surface area contributed by atoms with Gasteiger partial charge in [0, 0.05) is 6.42 Å². The van der Waals surface area contributed by atoms with Gasteiger partial charge in [-0.25, -0.2) is 4.57 Å². The number of allylic oxidation sites excluding steroid dienone is 11. The van der Waals surface area contributed by atoms with Crippen molar-refractivity contribution in [2.24, 2.45) is 0 Å². The Kier molecular flexibility index (Phi) is 58.0. The molecule has 0 radical (unpaired) electrons. The van der Waals surface area contributed by atoms with Crippen molar-refractivity contribution in [1.29, 1.82) is 0 Å². The Balaban J connectivity index is 4.13. The van der Waals surface area contributed by atoms with Crippen LogP contribution in [0.25, 0.3) is 0 Å². The van der Waals surface area contributed by atoms with Crippen LogP contribution in [0.3, 0.4) is 0 Å². The van der Waals surface area contributed by atoms with Gasteiger partial charge in [-0.05, 0) is 70.6 Å². The van der Waals surface area contributed by atoms with E-state index in [9.17, 15) is 19.4 Å². The number of quaternary nitrogens is 1. The van der Waals surface area contributed by atoms with Crippen LogP contribution in [-0.2, 0) is 18.4 Å². The molecule has 9 heteroatoms. The lowest BCUT2D eigenvalue weighted by molar-refractivity contribution is -0.870. The van der Waals surface area contributed by atoms with Gasteiger partial charge in [-0.1, -0.05) is 305 Å². The van der Waals surface area contributed by atoms with Crippen molar-refractivity contribution in [3.8, 4) is 0 Å². The van der Waals surface area contributed by atoms with Gasteiger partial charge in [-0.3, -0.25) is 13.8 Å². The second-order valence-electron chi connectivity index (χ2n) is 23.8. The number of unbranched alkanes of at least 4 members (excludes halogenated alkanes) is 38. The van der Waals surface area contributed by atoms with Gasteiger partial charge >= 0.3 is 7.82 Å². The molecule has 456 valence electrons. The Morgan fingerprint density at radius 1 is 0.449 bits per heavy atom. The number of carbonyl (C=O) groups is 1. The number of amides is 1. The van der Waals surface area contributed by atoms with Crippen molar-refractivity contribution in [3.05, 3.63) is 72.9 Å². The Bertz CT molecular complexity index is 1500. The monoisotopic (exact) mass is 1110 g/mol. The highest BCUT2D eigenvalue weighted by Crippen LogP contribution is 2.43. The van der Waals surface area contributed by atoms with Crippen molar-refractivity contribution in [2.75, 3.05) is 40.9 Å². The molecule has 8 nitrogen and oxygen atoms in total. The highest BCUT2D eigenvalue weighted by atomic mass is 31.2. The van der Waals surface area contributed by atoms with Crippen LogP contribution in [0, 0.1) is 0 Å². The summed E-state index contributed by atoms with van der Waals surface area (Å²) in [6, 6.07) is -0.867. The minimum Gasteiger partial charge on any atom is -0.387 e. The predicted molar refractivity (Wildman–Crippen MR) is 341 cm³/mol. The summed E-state index contributed by atoms with van der Waals surface area (Å²) in [6.45, 7) is 4.72. The summed E-state index contributed by atoms with van der Waals surface area (Å²) in [6.07, 6.45) is 83.3. The molecule has 0 fully saturated rings. The summed E-state index contributed by atoms with van der Waals surface area (Å²) in [5, 5.41) is 14.0. The number of phosphoric ester groups is 1. The van der Waals surface area contributed by atoms with E-state index in [4.69, 9.17) is 9.05 Å². The van der Waals surface area contributed by atoms with Gasteiger partial charge in [0.15, 0.2) is 0 Å². The van der Waals surface area contributed by atoms with Crippen molar-refractivity contribution >= 4 is 13.7 Å². The molecule has 0 aliphatic heterocycles. The molecule has 0 aromatic heterocycles. The number of hydrogen-bond donors (Lipinski definition) is 3. The minimum absolute atomic E-state index is 0.0550. The van der Waals surface area contributed by atoms with Crippen molar-refractivity contribution in [2.45, 2.75) is 321 Å². The first-order valence-electron chi connectivity index (χ1n) is 33.3. The molecular formula is C69H130N2O6P+. The van der Waals surface area contributed by atoms with Crippen molar-refractivity contribution in [3.63, 3.8) is 0 Å². The lowest BCUT2D eigenvalue weighted by Gasteiger charge is -2.25. The third-order valence-corrected chi connectivity index (χ3v) is 15.9. The Labute approximate surface area is 484 Å². The molecule has 0 saturated carbocycles. The normalized spacial score (nSPS) is 14.2. The fourth-order valence-corrected chi connectivity index (χ4v) is 10.5. The largest absolute Gasteiger partial charge is 0.472 e. The molecule has 0 heterocycles. The molecule has 3 unspecified atom stereocenters. The average Bonchev–Trinajstić information content (AvgIpc) is 3.41. The summed E-state index contributed by atoms with van der Waals surface area (Å²) in [7, 11) is 1.56. The quantitative estimate of drug-likeness (QED) is 0.0243. The lowest BCUT2D eigenvalue weighted by Crippen LogP contribution is -2.45. The zero-order valence-electron chi connectivity index (χ0n) is 52.2.